The topological polar surface area (TPSA) is 29.1 Å². The van der Waals surface area contributed by atoms with Crippen LogP contribution in [0.2, 0.25) is 0 Å². The van der Waals surface area contributed by atoms with Crippen LogP contribution in [0.25, 0.3) is 0 Å². The van der Waals surface area contributed by atoms with Gasteiger partial charge < -0.3 is 5.32 Å². The SMILES string of the molecule is CCCCCCCCCCCCCCCCCCNC(=O)CCl. The summed E-state index contributed by atoms with van der Waals surface area (Å²) in [6, 6.07) is 0. The second kappa shape index (κ2) is 19.8. The lowest BCUT2D eigenvalue weighted by atomic mass is 10.0. The number of alkyl halides is 1. The van der Waals surface area contributed by atoms with Gasteiger partial charge in [0, 0.05) is 6.54 Å². The van der Waals surface area contributed by atoms with Crippen LogP contribution in [0, 0.1) is 0 Å². The Morgan fingerprint density at radius 1 is 0.652 bits per heavy atom. The van der Waals surface area contributed by atoms with Crippen molar-refractivity contribution >= 4 is 17.5 Å². The largest absolute Gasteiger partial charge is 0.355 e. The van der Waals surface area contributed by atoms with Crippen LogP contribution in [-0.4, -0.2) is 18.3 Å². The minimum absolute atomic E-state index is 0.0485. The van der Waals surface area contributed by atoms with Gasteiger partial charge in [-0.3, -0.25) is 4.79 Å². The van der Waals surface area contributed by atoms with Gasteiger partial charge in [0.05, 0.1) is 0 Å². The van der Waals surface area contributed by atoms with Crippen LogP contribution in [0.5, 0.6) is 0 Å². The number of carbonyl (C=O) groups is 1. The van der Waals surface area contributed by atoms with Gasteiger partial charge in [-0.05, 0) is 6.42 Å². The molecule has 23 heavy (non-hydrogen) atoms. The normalized spacial score (nSPS) is 10.9. The third-order valence-corrected chi connectivity index (χ3v) is 4.72. The van der Waals surface area contributed by atoms with Crippen molar-refractivity contribution in [3.05, 3.63) is 0 Å². The molecule has 0 spiro atoms. The van der Waals surface area contributed by atoms with Crippen LogP contribution >= 0.6 is 11.6 Å². The van der Waals surface area contributed by atoms with Crippen molar-refractivity contribution < 1.29 is 4.79 Å². The molecule has 138 valence electrons. The number of nitrogens with one attached hydrogen (secondary N) is 1. The number of halogens is 1. The second-order valence-corrected chi connectivity index (χ2v) is 7.05. The van der Waals surface area contributed by atoms with E-state index in [1.807, 2.05) is 0 Å². The van der Waals surface area contributed by atoms with Gasteiger partial charge in [0.15, 0.2) is 0 Å². The fourth-order valence-electron chi connectivity index (χ4n) is 2.95. The standard InChI is InChI=1S/C20H40ClNO/c1-2-3-4-5-6-7-8-9-10-11-12-13-14-15-16-17-18-22-20(23)19-21/h2-19H2,1H3,(H,22,23). The molecule has 0 saturated carbocycles. The molecule has 0 saturated heterocycles. The molecule has 0 aliphatic heterocycles. The third kappa shape index (κ3) is 19.7. The number of unbranched alkanes of at least 4 members (excludes halogenated alkanes) is 15. The maximum Gasteiger partial charge on any atom is 0.234 e. The summed E-state index contributed by atoms with van der Waals surface area (Å²) in [5, 5.41) is 2.81. The van der Waals surface area contributed by atoms with Gasteiger partial charge in [-0.1, -0.05) is 103 Å². The van der Waals surface area contributed by atoms with E-state index in [0.29, 0.717) is 0 Å². The molecule has 1 N–H and O–H groups in total. The van der Waals surface area contributed by atoms with E-state index in [0.717, 1.165) is 13.0 Å². The Morgan fingerprint density at radius 3 is 1.35 bits per heavy atom. The monoisotopic (exact) mass is 345 g/mol. The highest BCUT2D eigenvalue weighted by Gasteiger charge is 1.97. The summed E-state index contributed by atoms with van der Waals surface area (Å²) in [6.07, 6.45) is 22.0. The summed E-state index contributed by atoms with van der Waals surface area (Å²) in [5.41, 5.74) is 0. The van der Waals surface area contributed by atoms with Gasteiger partial charge in [0.1, 0.15) is 5.88 Å². The van der Waals surface area contributed by atoms with Crippen LogP contribution in [0.15, 0.2) is 0 Å². The molecule has 3 heteroatoms. The molecule has 0 unspecified atom stereocenters. The summed E-state index contributed by atoms with van der Waals surface area (Å²) < 4.78 is 0. The number of hydrogen-bond acceptors (Lipinski definition) is 1. The van der Waals surface area contributed by atoms with Crippen molar-refractivity contribution in [1.29, 1.82) is 0 Å². The Balaban J connectivity index is 2.99. The first-order chi connectivity index (χ1) is 11.3. The number of amides is 1. The maximum absolute atomic E-state index is 10.9. The van der Waals surface area contributed by atoms with Gasteiger partial charge in [-0.2, -0.15) is 0 Å². The van der Waals surface area contributed by atoms with Gasteiger partial charge >= 0.3 is 0 Å². The average Bonchev–Trinajstić information content (AvgIpc) is 2.57. The molecule has 1 amide bonds. The second-order valence-electron chi connectivity index (χ2n) is 6.79. The Morgan fingerprint density at radius 2 is 1.00 bits per heavy atom. The predicted molar refractivity (Wildman–Crippen MR) is 103 cm³/mol. The minimum Gasteiger partial charge on any atom is -0.355 e. The molecule has 0 aromatic rings. The van der Waals surface area contributed by atoms with E-state index in [2.05, 4.69) is 12.2 Å². The lowest BCUT2D eigenvalue weighted by molar-refractivity contribution is -0.118. The zero-order chi connectivity index (χ0) is 17.0. The van der Waals surface area contributed by atoms with E-state index in [9.17, 15) is 4.79 Å². The minimum atomic E-state index is -0.0485. The van der Waals surface area contributed by atoms with E-state index < -0.39 is 0 Å². The Kier molecular flexibility index (Phi) is 19.6. The molecule has 0 atom stereocenters. The van der Waals surface area contributed by atoms with Crippen LogP contribution in [0.1, 0.15) is 110 Å². The first-order valence-electron chi connectivity index (χ1n) is 10.1. The summed E-state index contributed by atoms with van der Waals surface area (Å²) in [4.78, 5) is 10.9. The molecule has 0 rings (SSSR count). The van der Waals surface area contributed by atoms with Crippen LogP contribution in [-0.2, 0) is 4.79 Å². The molecule has 0 fully saturated rings. The van der Waals surface area contributed by atoms with Crippen molar-refractivity contribution in [2.45, 2.75) is 110 Å². The maximum atomic E-state index is 10.9. The van der Waals surface area contributed by atoms with E-state index >= 15 is 0 Å². The van der Waals surface area contributed by atoms with Crippen LogP contribution < -0.4 is 5.32 Å². The molecule has 0 aromatic heterocycles. The lowest BCUT2D eigenvalue weighted by Crippen LogP contribution is -2.25. The summed E-state index contributed by atoms with van der Waals surface area (Å²) in [7, 11) is 0. The van der Waals surface area contributed by atoms with Crippen molar-refractivity contribution in [2.75, 3.05) is 12.4 Å². The Bertz CT molecular complexity index is 246. The van der Waals surface area contributed by atoms with Gasteiger partial charge in [0.25, 0.3) is 0 Å². The van der Waals surface area contributed by atoms with Gasteiger partial charge in [-0.15, -0.1) is 11.6 Å². The van der Waals surface area contributed by atoms with E-state index in [1.165, 1.54) is 96.3 Å². The van der Waals surface area contributed by atoms with Crippen molar-refractivity contribution in [3.8, 4) is 0 Å². The molecule has 0 aliphatic carbocycles. The summed E-state index contributed by atoms with van der Waals surface area (Å²) in [5.74, 6) is 0.0337. The Labute approximate surface area is 150 Å². The highest BCUT2D eigenvalue weighted by molar-refractivity contribution is 6.27. The Hall–Kier alpha value is -0.240. The van der Waals surface area contributed by atoms with Crippen LogP contribution in [0.3, 0.4) is 0 Å². The average molecular weight is 346 g/mol. The summed E-state index contributed by atoms with van der Waals surface area (Å²) in [6.45, 7) is 3.06. The smallest absolute Gasteiger partial charge is 0.234 e. The molecule has 0 heterocycles. The summed E-state index contributed by atoms with van der Waals surface area (Å²) >= 11 is 5.42. The number of rotatable bonds is 18. The highest BCUT2D eigenvalue weighted by Crippen LogP contribution is 2.13. The van der Waals surface area contributed by atoms with Crippen molar-refractivity contribution in [3.63, 3.8) is 0 Å². The quantitative estimate of drug-likeness (QED) is 0.220. The molecule has 0 aliphatic rings. The first-order valence-corrected chi connectivity index (χ1v) is 10.7. The van der Waals surface area contributed by atoms with Gasteiger partial charge in [-0.25, -0.2) is 0 Å². The lowest BCUT2D eigenvalue weighted by Gasteiger charge is -2.04. The van der Waals surface area contributed by atoms with Crippen LogP contribution in [0.4, 0.5) is 0 Å². The molecule has 0 bridgehead atoms. The zero-order valence-corrected chi connectivity index (χ0v) is 16.3. The first kappa shape index (κ1) is 22.8. The van der Waals surface area contributed by atoms with E-state index in [1.54, 1.807) is 0 Å². The fraction of sp³-hybridized carbons (Fsp3) is 0.950. The third-order valence-electron chi connectivity index (χ3n) is 4.47. The highest BCUT2D eigenvalue weighted by atomic mass is 35.5. The number of hydrogen-bond donors (Lipinski definition) is 1. The molecule has 0 radical (unpaired) electrons. The van der Waals surface area contributed by atoms with E-state index in [4.69, 9.17) is 11.6 Å². The fourth-order valence-corrected chi connectivity index (χ4v) is 3.04. The molecular weight excluding hydrogens is 306 g/mol. The molecule has 0 aromatic carbocycles. The van der Waals surface area contributed by atoms with E-state index in [-0.39, 0.29) is 11.8 Å². The number of carbonyl (C=O) groups excluding carboxylic acids is 1. The molecular formula is C20H40ClNO. The van der Waals surface area contributed by atoms with Crippen molar-refractivity contribution in [2.24, 2.45) is 0 Å². The molecule has 2 nitrogen and oxygen atoms in total. The van der Waals surface area contributed by atoms with Gasteiger partial charge in [0.2, 0.25) is 5.91 Å². The predicted octanol–water partition coefficient (Wildman–Crippen LogP) is 6.60. The zero-order valence-electron chi connectivity index (χ0n) is 15.5. The van der Waals surface area contributed by atoms with Crippen molar-refractivity contribution in [1.82, 2.24) is 5.32 Å².